The normalized spacial score (nSPS) is 16.7. The number of carbonyl (C=O) groups excluding carboxylic acids is 2. The van der Waals surface area contributed by atoms with E-state index in [0.29, 0.717) is 28.3 Å². The van der Waals surface area contributed by atoms with Crippen LogP contribution >= 0.6 is 0 Å². The van der Waals surface area contributed by atoms with Gasteiger partial charge in [0.25, 0.3) is 5.91 Å². The molecule has 0 fully saturated rings. The van der Waals surface area contributed by atoms with Gasteiger partial charge in [0.05, 0.1) is 19.1 Å². The molecule has 4 aromatic carbocycles. The number of benzene rings is 4. The average Bonchev–Trinajstić information content (AvgIpc) is 2.92. The number of amides is 2. The lowest BCUT2D eigenvalue weighted by atomic mass is 9.79. The van der Waals surface area contributed by atoms with E-state index in [0.717, 1.165) is 11.3 Å². The van der Waals surface area contributed by atoms with Crippen LogP contribution in [0.25, 0.3) is 0 Å². The van der Waals surface area contributed by atoms with E-state index < -0.39 is 12.0 Å². The van der Waals surface area contributed by atoms with Crippen molar-refractivity contribution in [3.05, 3.63) is 120 Å². The second-order valence-electron chi connectivity index (χ2n) is 8.63. The van der Waals surface area contributed by atoms with Crippen LogP contribution in [0, 0.1) is 0 Å². The lowest BCUT2D eigenvalue weighted by molar-refractivity contribution is -0.119. The summed E-state index contributed by atoms with van der Waals surface area (Å²) in [5.74, 6) is 1.21. The van der Waals surface area contributed by atoms with E-state index in [9.17, 15) is 9.59 Å². The molecule has 0 aliphatic carbocycles. The molecular weight excluding hydrogens is 452 g/mol. The number of nitrogens with zero attached hydrogens (tertiary/aromatic N) is 1. The molecular formula is C30H26N2O4. The Bertz CT molecular complexity index is 1370. The quantitative estimate of drug-likeness (QED) is 0.367. The summed E-state index contributed by atoms with van der Waals surface area (Å²) in [6, 6.07) is 31.1. The Balaban J connectivity index is 1.44. The summed E-state index contributed by atoms with van der Waals surface area (Å²) in [4.78, 5) is 28.6. The van der Waals surface area contributed by atoms with E-state index in [1.54, 1.807) is 25.1 Å². The van der Waals surface area contributed by atoms with Gasteiger partial charge in [0.1, 0.15) is 17.2 Å². The lowest BCUT2D eigenvalue weighted by Crippen LogP contribution is -2.44. The summed E-state index contributed by atoms with van der Waals surface area (Å²) in [5, 5.41) is 3.04. The highest BCUT2D eigenvalue weighted by atomic mass is 16.5. The van der Waals surface area contributed by atoms with Gasteiger partial charge in [0, 0.05) is 18.3 Å². The summed E-state index contributed by atoms with van der Waals surface area (Å²) in [6.45, 7) is 0. The molecule has 2 atom stereocenters. The Kier molecular flexibility index (Phi) is 6.41. The number of methoxy groups -OCH3 is 1. The molecule has 6 heteroatoms. The Morgan fingerprint density at radius 3 is 2.08 bits per heavy atom. The van der Waals surface area contributed by atoms with Crippen LogP contribution in [0.15, 0.2) is 103 Å². The second kappa shape index (κ2) is 9.96. The third-order valence-electron chi connectivity index (χ3n) is 6.42. The number of fused-ring (bicyclic) bond motifs is 1. The number of rotatable bonds is 6. The number of likely N-dealkylation sites (N-methyl/N-ethyl adjacent to an activating group) is 1. The zero-order chi connectivity index (χ0) is 25.1. The van der Waals surface area contributed by atoms with E-state index in [1.165, 1.54) is 0 Å². The Morgan fingerprint density at radius 1 is 0.778 bits per heavy atom. The predicted octanol–water partition coefficient (Wildman–Crippen LogP) is 6.04. The van der Waals surface area contributed by atoms with Crippen molar-refractivity contribution in [1.82, 2.24) is 4.90 Å². The van der Waals surface area contributed by atoms with E-state index in [2.05, 4.69) is 5.32 Å². The SMILES string of the molecule is COc1ccc(C2C(C(=O)Nc3ccc(Oc4ccccc4)cc3)c3ccccc3C(=O)N2C)cc1. The summed E-state index contributed by atoms with van der Waals surface area (Å²) in [5.41, 5.74) is 2.75. The van der Waals surface area contributed by atoms with Gasteiger partial charge < -0.3 is 19.7 Å². The Hall–Kier alpha value is -4.58. The van der Waals surface area contributed by atoms with Crippen LogP contribution < -0.4 is 14.8 Å². The topological polar surface area (TPSA) is 67.9 Å². The number of hydrogen-bond donors (Lipinski definition) is 1. The van der Waals surface area contributed by atoms with Crippen LogP contribution in [0.2, 0.25) is 0 Å². The van der Waals surface area contributed by atoms with Gasteiger partial charge in [-0.2, -0.15) is 0 Å². The fourth-order valence-corrected chi connectivity index (χ4v) is 4.63. The molecule has 0 saturated heterocycles. The molecule has 1 aliphatic heterocycles. The molecule has 1 heterocycles. The molecule has 5 rings (SSSR count). The van der Waals surface area contributed by atoms with Crippen molar-refractivity contribution in [3.63, 3.8) is 0 Å². The Morgan fingerprint density at radius 2 is 1.39 bits per heavy atom. The predicted molar refractivity (Wildman–Crippen MR) is 139 cm³/mol. The first-order valence-corrected chi connectivity index (χ1v) is 11.7. The highest BCUT2D eigenvalue weighted by Gasteiger charge is 2.42. The van der Waals surface area contributed by atoms with Gasteiger partial charge in [-0.15, -0.1) is 0 Å². The van der Waals surface area contributed by atoms with E-state index >= 15 is 0 Å². The average molecular weight is 479 g/mol. The maximum atomic E-state index is 13.8. The van der Waals surface area contributed by atoms with Crippen molar-refractivity contribution < 1.29 is 19.1 Å². The molecule has 1 N–H and O–H groups in total. The number of anilines is 1. The minimum atomic E-state index is -0.599. The summed E-state index contributed by atoms with van der Waals surface area (Å²) in [6.07, 6.45) is 0. The minimum absolute atomic E-state index is 0.113. The zero-order valence-corrected chi connectivity index (χ0v) is 20.0. The molecule has 0 bridgehead atoms. The van der Waals surface area contributed by atoms with Crippen LogP contribution in [0.1, 0.15) is 33.4 Å². The van der Waals surface area contributed by atoms with Crippen LogP contribution in [-0.4, -0.2) is 30.9 Å². The number of nitrogens with one attached hydrogen (secondary N) is 1. The monoisotopic (exact) mass is 478 g/mol. The van der Waals surface area contributed by atoms with Crippen molar-refractivity contribution in [2.45, 2.75) is 12.0 Å². The molecule has 1 aliphatic rings. The maximum absolute atomic E-state index is 13.8. The third kappa shape index (κ3) is 4.53. The fourth-order valence-electron chi connectivity index (χ4n) is 4.63. The molecule has 4 aromatic rings. The van der Waals surface area contributed by atoms with Gasteiger partial charge in [-0.1, -0.05) is 48.5 Å². The molecule has 2 amide bonds. The van der Waals surface area contributed by atoms with E-state index in [1.807, 2.05) is 97.1 Å². The standard InChI is InChI=1S/C30H26N2O4/c1-32-28(20-12-16-22(35-2)17-13-20)27(25-10-6-7-11-26(25)30(32)34)29(33)31-21-14-18-24(19-15-21)36-23-8-4-3-5-9-23/h3-19,27-28H,1-2H3,(H,31,33). The fraction of sp³-hybridized carbons (Fsp3) is 0.133. The van der Waals surface area contributed by atoms with Crippen LogP contribution in [-0.2, 0) is 4.79 Å². The first-order chi connectivity index (χ1) is 17.5. The molecule has 180 valence electrons. The maximum Gasteiger partial charge on any atom is 0.254 e. The minimum Gasteiger partial charge on any atom is -0.497 e. The molecule has 0 spiro atoms. The first-order valence-electron chi connectivity index (χ1n) is 11.7. The van der Waals surface area contributed by atoms with Gasteiger partial charge in [-0.3, -0.25) is 9.59 Å². The number of ether oxygens (including phenoxy) is 2. The van der Waals surface area contributed by atoms with Gasteiger partial charge in [-0.05, 0) is 65.7 Å². The zero-order valence-electron chi connectivity index (χ0n) is 20.0. The van der Waals surface area contributed by atoms with E-state index in [-0.39, 0.29) is 11.8 Å². The van der Waals surface area contributed by atoms with Crippen molar-refractivity contribution in [1.29, 1.82) is 0 Å². The van der Waals surface area contributed by atoms with Gasteiger partial charge in [0.2, 0.25) is 5.91 Å². The molecule has 6 nitrogen and oxygen atoms in total. The molecule has 0 aromatic heterocycles. The van der Waals surface area contributed by atoms with Crippen LogP contribution in [0.3, 0.4) is 0 Å². The van der Waals surface area contributed by atoms with Gasteiger partial charge >= 0.3 is 0 Å². The van der Waals surface area contributed by atoms with Crippen molar-refractivity contribution in [3.8, 4) is 17.2 Å². The second-order valence-corrected chi connectivity index (χ2v) is 8.63. The molecule has 0 radical (unpaired) electrons. The van der Waals surface area contributed by atoms with Crippen molar-refractivity contribution in [2.24, 2.45) is 0 Å². The molecule has 2 unspecified atom stereocenters. The van der Waals surface area contributed by atoms with Gasteiger partial charge in [-0.25, -0.2) is 0 Å². The smallest absolute Gasteiger partial charge is 0.254 e. The number of hydrogen-bond acceptors (Lipinski definition) is 4. The third-order valence-corrected chi connectivity index (χ3v) is 6.42. The highest BCUT2D eigenvalue weighted by Crippen LogP contribution is 2.43. The highest BCUT2D eigenvalue weighted by molar-refractivity contribution is 6.04. The van der Waals surface area contributed by atoms with Crippen LogP contribution in [0.5, 0.6) is 17.2 Å². The summed E-state index contributed by atoms with van der Waals surface area (Å²) >= 11 is 0. The number of para-hydroxylation sites is 1. The van der Waals surface area contributed by atoms with E-state index in [4.69, 9.17) is 9.47 Å². The molecule has 0 saturated carbocycles. The van der Waals surface area contributed by atoms with Gasteiger partial charge in [0.15, 0.2) is 0 Å². The van der Waals surface area contributed by atoms with Crippen LogP contribution in [0.4, 0.5) is 5.69 Å². The molecule has 36 heavy (non-hydrogen) atoms. The van der Waals surface area contributed by atoms with Crippen molar-refractivity contribution >= 4 is 17.5 Å². The Labute approximate surface area is 210 Å². The lowest BCUT2D eigenvalue weighted by Gasteiger charge is -2.39. The largest absolute Gasteiger partial charge is 0.497 e. The number of carbonyl (C=O) groups is 2. The first kappa shape index (κ1) is 23.2. The summed E-state index contributed by atoms with van der Waals surface area (Å²) < 4.78 is 11.1. The van der Waals surface area contributed by atoms with Crippen molar-refractivity contribution in [2.75, 3.05) is 19.5 Å². The summed E-state index contributed by atoms with van der Waals surface area (Å²) in [7, 11) is 3.34.